The number of aromatic amines is 1. The van der Waals surface area contributed by atoms with Crippen LogP contribution in [-0.4, -0.2) is 34.5 Å². The van der Waals surface area contributed by atoms with Gasteiger partial charge in [-0.25, -0.2) is 13.6 Å². The van der Waals surface area contributed by atoms with E-state index in [0.717, 1.165) is 15.8 Å². The van der Waals surface area contributed by atoms with Crippen LogP contribution in [0, 0.1) is 18.6 Å². The minimum Gasteiger partial charge on any atom is -0.495 e. The first-order valence-corrected chi connectivity index (χ1v) is 12.3. The van der Waals surface area contributed by atoms with Gasteiger partial charge < -0.3 is 25.9 Å². The maximum Gasteiger partial charge on any atom is 0.321 e. The molecule has 1 aromatic heterocycles. The molecule has 1 aliphatic rings. The Balaban J connectivity index is 1.69. The van der Waals surface area contributed by atoms with Crippen LogP contribution in [-0.2, 0) is 6.42 Å². The van der Waals surface area contributed by atoms with Crippen molar-refractivity contribution in [3.63, 3.8) is 0 Å². The smallest absolute Gasteiger partial charge is 0.321 e. The minimum atomic E-state index is -2.07. The molecule has 0 unspecified atom stereocenters. The molecular weight excluding hydrogens is 514 g/mol. The van der Waals surface area contributed by atoms with Gasteiger partial charge in [0.15, 0.2) is 5.72 Å². The number of nitrogens with one attached hydrogen (secondary N) is 2. The Morgan fingerprint density at radius 1 is 1.21 bits per heavy atom. The minimum absolute atomic E-state index is 0.00867. The number of aryl methyl sites for hydroxylation is 1. The van der Waals surface area contributed by atoms with Crippen molar-refractivity contribution in [2.24, 2.45) is 5.73 Å². The number of para-hydroxylation sites is 1. The summed E-state index contributed by atoms with van der Waals surface area (Å²) in [5.74, 6) is -1.25. The van der Waals surface area contributed by atoms with Crippen molar-refractivity contribution >= 4 is 39.9 Å². The summed E-state index contributed by atoms with van der Waals surface area (Å²) >= 11 is 6.29. The fourth-order valence-electron chi connectivity index (χ4n) is 5.27. The molecule has 2 amide bonds. The fourth-order valence-corrected chi connectivity index (χ4v) is 5.53. The molecule has 0 fully saturated rings. The van der Waals surface area contributed by atoms with E-state index in [-0.39, 0.29) is 33.9 Å². The van der Waals surface area contributed by atoms with Crippen molar-refractivity contribution in [2.45, 2.75) is 38.5 Å². The Kier molecular flexibility index (Phi) is 6.04. The summed E-state index contributed by atoms with van der Waals surface area (Å²) in [6, 6.07) is 9.93. The molecule has 38 heavy (non-hydrogen) atoms. The number of nitrogens with two attached hydrogens (primary N) is 1. The van der Waals surface area contributed by atoms with Gasteiger partial charge in [-0.15, -0.1) is 0 Å². The highest BCUT2D eigenvalue weighted by atomic mass is 35.5. The quantitative estimate of drug-likeness (QED) is 0.235. The number of carbonyl (C=O) groups is 1. The van der Waals surface area contributed by atoms with Crippen LogP contribution >= 0.6 is 11.6 Å². The van der Waals surface area contributed by atoms with E-state index in [1.807, 2.05) is 13.0 Å². The fraction of sp³-hybridized carbons (Fsp3) is 0.250. The monoisotopic (exact) mass is 540 g/mol. The number of ether oxygens (including phenoxy) is 1. The standard InChI is InChI=1S/C28H27ClF2N4O3/c1-14-13-33-25-16(14)6-5-7-17(25)23-20(30)11-21-18(24(23)31)12-28(37,27(2,3)34-21)35(26(32)36)15-8-9-22(38-4)19(29)10-15/h5-11,13,33-34,37H,12H2,1-4H3,(H2,32,36)/t28-/m0/s1. The first-order chi connectivity index (χ1) is 17.9. The molecule has 0 bridgehead atoms. The number of halogens is 3. The SMILES string of the molecule is COc1ccc(N(C(N)=O)[C@]2(O)Cc3c(cc(F)c(-c4cccc5c(C)c[nH]c45)c3F)NC2(C)C)cc1Cl. The number of benzene rings is 3. The van der Waals surface area contributed by atoms with Gasteiger partial charge in [-0.2, -0.15) is 0 Å². The maximum atomic E-state index is 16.3. The van der Waals surface area contributed by atoms with Crippen molar-refractivity contribution in [3.8, 4) is 16.9 Å². The lowest BCUT2D eigenvalue weighted by atomic mass is 9.78. The van der Waals surface area contributed by atoms with Gasteiger partial charge in [0, 0.05) is 34.8 Å². The molecule has 5 rings (SSSR count). The number of fused-ring (bicyclic) bond motifs is 2. The molecular formula is C28H27ClF2N4O3. The van der Waals surface area contributed by atoms with Crippen LogP contribution in [0.25, 0.3) is 22.0 Å². The van der Waals surface area contributed by atoms with Crippen molar-refractivity contribution in [3.05, 3.63) is 76.4 Å². The number of primary amides is 1. The molecule has 5 N–H and O–H groups in total. The van der Waals surface area contributed by atoms with E-state index >= 15 is 8.78 Å². The van der Waals surface area contributed by atoms with Crippen molar-refractivity contribution in [1.29, 1.82) is 0 Å². The van der Waals surface area contributed by atoms with E-state index in [2.05, 4.69) is 10.3 Å². The number of rotatable bonds is 4. The summed E-state index contributed by atoms with van der Waals surface area (Å²) in [6.07, 6.45) is 1.39. The van der Waals surface area contributed by atoms with Crippen LogP contribution in [0.2, 0.25) is 5.02 Å². The van der Waals surface area contributed by atoms with Crippen LogP contribution < -0.4 is 20.7 Å². The van der Waals surface area contributed by atoms with E-state index < -0.39 is 28.9 Å². The average Bonchev–Trinajstić information content (AvgIpc) is 3.22. The lowest BCUT2D eigenvalue weighted by Gasteiger charge is -2.52. The summed E-state index contributed by atoms with van der Waals surface area (Å²) in [5.41, 5.74) is 4.39. The second-order valence-electron chi connectivity index (χ2n) is 10.0. The number of anilines is 2. The normalized spacial score (nSPS) is 18.1. The average molecular weight is 541 g/mol. The number of aromatic nitrogens is 1. The second-order valence-corrected chi connectivity index (χ2v) is 10.4. The van der Waals surface area contributed by atoms with Crippen molar-refractivity contribution < 1.29 is 23.4 Å². The van der Waals surface area contributed by atoms with Gasteiger partial charge >= 0.3 is 6.03 Å². The van der Waals surface area contributed by atoms with E-state index in [1.54, 1.807) is 32.2 Å². The topological polar surface area (TPSA) is 104 Å². The highest BCUT2D eigenvalue weighted by molar-refractivity contribution is 6.32. The van der Waals surface area contributed by atoms with E-state index in [9.17, 15) is 9.90 Å². The van der Waals surface area contributed by atoms with E-state index in [4.69, 9.17) is 22.1 Å². The Morgan fingerprint density at radius 3 is 2.61 bits per heavy atom. The molecule has 198 valence electrons. The van der Waals surface area contributed by atoms with Gasteiger partial charge in [0.05, 0.1) is 34.4 Å². The number of nitrogens with zero attached hydrogens (tertiary/aromatic N) is 1. The van der Waals surface area contributed by atoms with Crippen LogP contribution in [0.4, 0.5) is 25.0 Å². The van der Waals surface area contributed by atoms with Crippen LogP contribution in [0.5, 0.6) is 5.75 Å². The molecule has 1 aliphatic heterocycles. The summed E-state index contributed by atoms with van der Waals surface area (Å²) < 4.78 is 37.0. The maximum absolute atomic E-state index is 16.3. The molecule has 0 aliphatic carbocycles. The lowest BCUT2D eigenvalue weighted by molar-refractivity contribution is -0.0120. The Morgan fingerprint density at radius 2 is 1.95 bits per heavy atom. The number of H-pyrrole nitrogens is 1. The van der Waals surface area contributed by atoms with Gasteiger partial charge in [-0.05, 0) is 50.6 Å². The largest absolute Gasteiger partial charge is 0.495 e. The van der Waals surface area contributed by atoms with Gasteiger partial charge in [-0.3, -0.25) is 4.90 Å². The van der Waals surface area contributed by atoms with Gasteiger partial charge in [-0.1, -0.05) is 29.8 Å². The number of hydrogen-bond donors (Lipinski definition) is 4. The zero-order valence-electron chi connectivity index (χ0n) is 21.2. The number of methoxy groups -OCH3 is 1. The number of carbonyl (C=O) groups excluding carboxylic acids is 1. The number of hydrogen-bond acceptors (Lipinski definition) is 4. The second kappa shape index (κ2) is 8.89. The Hall–Kier alpha value is -3.82. The first kappa shape index (κ1) is 25.8. The molecule has 1 atom stereocenters. The molecule has 2 heterocycles. The third-order valence-corrected chi connectivity index (χ3v) is 7.66. The summed E-state index contributed by atoms with van der Waals surface area (Å²) in [4.78, 5) is 16.8. The third-order valence-electron chi connectivity index (χ3n) is 7.37. The van der Waals surface area contributed by atoms with Gasteiger partial charge in [0.2, 0.25) is 0 Å². The van der Waals surface area contributed by atoms with Gasteiger partial charge in [0.25, 0.3) is 0 Å². The van der Waals surface area contributed by atoms with E-state index in [1.165, 1.54) is 31.4 Å². The third kappa shape index (κ3) is 3.76. The molecule has 10 heteroatoms. The number of urea groups is 1. The molecule has 0 saturated heterocycles. The molecule has 3 aromatic carbocycles. The summed E-state index contributed by atoms with van der Waals surface area (Å²) in [5, 5.41) is 16.2. The first-order valence-electron chi connectivity index (χ1n) is 11.9. The van der Waals surface area contributed by atoms with Crippen molar-refractivity contribution in [1.82, 2.24) is 4.98 Å². The zero-order valence-corrected chi connectivity index (χ0v) is 22.0. The number of amides is 2. The molecule has 7 nitrogen and oxygen atoms in total. The van der Waals surface area contributed by atoms with Crippen LogP contribution in [0.3, 0.4) is 0 Å². The predicted molar refractivity (Wildman–Crippen MR) is 145 cm³/mol. The number of aliphatic hydroxyl groups is 1. The van der Waals surface area contributed by atoms with Crippen LogP contribution in [0.15, 0.2) is 48.7 Å². The highest BCUT2D eigenvalue weighted by Crippen LogP contribution is 2.46. The van der Waals surface area contributed by atoms with Crippen molar-refractivity contribution in [2.75, 3.05) is 17.3 Å². The highest BCUT2D eigenvalue weighted by Gasteiger charge is 2.54. The Bertz CT molecular complexity index is 1600. The molecule has 4 aromatic rings. The van der Waals surface area contributed by atoms with E-state index in [0.29, 0.717) is 16.8 Å². The lowest BCUT2D eigenvalue weighted by Crippen LogP contribution is -2.70. The predicted octanol–water partition coefficient (Wildman–Crippen LogP) is 6.10. The molecule has 0 saturated carbocycles. The zero-order chi connectivity index (χ0) is 27.6. The molecule has 0 spiro atoms. The van der Waals surface area contributed by atoms with Gasteiger partial charge in [0.1, 0.15) is 17.4 Å². The van der Waals surface area contributed by atoms with Crippen LogP contribution in [0.1, 0.15) is 25.0 Å². The Labute approximate surface area is 223 Å². The molecule has 0 radical (unpaired) electrons. The summed E-state index contributed by atoms with van der Waals surface area (Å²) in [6.45, 7) is 5.13. The summed E-state index contributed by atoms with van der Waals surface area (Å²) in [7, 11) is 1.44.